The van der Waals surface area contributed by atoms with Crippen molar-refractivity contribution in [1.82, 2.24) is 5.32 Å². The van der Waals surface area contributed by atoms with Gasteiger partial charge in [-0.05, 0) is 23.8 Å². The number of carboxylic acids is 1. The number of halogens is 1. The lowest BCUT2D eigenvalue weighted by Gasteiger charge is -2.11. The number of carboxylic acid groups (broad SMARTS) is 1. The molecular formula is C14H16ClNO4S2. The lowest BCUT2D eigenvalue weighted by Crippen LogP contribution is -2.38. The van der Waals surface area contributed by atoms with Gasteiger partial charge in [-0.25, -0.2) is 0 Å². The average molecular weight is 362 g/mol. The average Bonchev–Trinajstić information content (AvgIpc) is 2.88. The maximum Gasteiger partial charge on any atom is 0.304 e. The third-order valence-corrected chi connectivity index (χ3v) is 5.60. The zero-order valence-corrected chi connectivity index (χ0v) is 14.1. The molecule has 1 aromatic carbocycles. The third-order valence-electron chi connectivity index (χ3n) is 2.96. The van der Waals surface area contributed by atoms with Crippen LogP contribution in [0.2, 0.25) is 5.02 Å². The number of carbonyl (C=O) groups is 2. The molecular weight excluding hydrogens is 346 g/mol. The summed E-state index contributed by atoms with van der Waals surface area (Å²) in [4.78, 5) is 22.4. The molecule has 1 atom stereocenters. The summed E-state index contributed by atoms with van der Waals surface area (Å²) in [6, 6.07) is 5.34. The van der Waals surface area contributed by atoms with Crippen LogP contribution in [-0.4, -0.2) is 41.1 Å². The molecule has 0 fully saturated rings. The summed E-state index contributed by atoms with van der Waals surface area (Å²) in [6.07, 6.45) is 0.182. The van der Waals surface area contributed by atoms with Gasteiger partial charge in [-0.15, -0.1) is 0 Å². The van der Waals surface area contributed by atoms with Crippen molar-refractivity contribution < 1.29 is 19.4 Å². The molecule has 0 aromatic heterocycles. The standard InChI is InChI=1S/C14H16ClNO4S2/c15-10-1-2-11-9(7-10)8-12(20-11)14(19)16-4-6-22-21-5-3-13(17)18/h1-2,7,12H,3-6,8H2,(H,16,19)(H,17,18). The van der Waals surface area contributed by atoms with Crippen molar-refractivity contribution in [3.05, 3.63) is 28.8 Å². The van der Waals surface area contributed by atoms with Crippen LogP contribution in [0.4, 0.5) is 0 Å². The molecule has 22 heavy (non-hydrogen) atoms. The van der Waals surface area contributed by atoms with Gasteiger partial charge >= 0.3 is 5.97 Å². The molecule has 2 rings (SSSR count). The molecule has 0 radical (unpaired) electrons. The SMILES string of the molecule is O=C(O)CCSSCCNC(=O)C1Cc2cc(Cl)ccc2O1. The number of rotatable bonds is 8. The highest BCUT2D eigenvalue weighted by Gasteiger charge is 2.28. The predicted molar refractivity (Wildman–Crippen MR) is 89.8 cm³/mol. The van der Waals surface area contributed by atoms with Gasteiger partial charge in [-0.3, -0.25) is 9.59 Å². The molecule has 0 aliphatic carbocycles. The predicted octanol–water partition coefficient (Wildman–Crippen LogP) is 2.62. The topological polar surface area (TPSA) is 75.6 Å². The highest BCUT2D eigenvalue weighted by atomic mass is 35.5. The summed E-state index contributed by atoms with van der Waals surface area (Å²) in [6.45, 7) is 0.528. The number of hydrogen-bond acceptors (Lipinski definition) is 5. The van der Waals surface area contributed by atoms with Gasteiger partial charge in [0.2, 0.25) is 0 Å². The van der Waals surface area contributed by atoms with Crippen molar-refractivity contribution in [2.24, 2.45) is 0 Å². The highest BCUT2D eigenvalue weighted by Crippen LogP contribution is 2.31. The van der Waals surface area contributed by atoms with Gasteiger partial charge in [0, 0.05) is 29.5 Å². The number of hydrogen-bond donors (Lipinski definition) is 2. The van der Waals surface area contributed by atoms with E-state index in [-0.39, 0.29) is 12.3 Å². The number of amides is 1. The fourth-order valence-corrected chi connectivity index (χ4v) is 4.02. The smallest absolute Gasteiger partial charge is 0.304 e. The van der Waals surface area contributed by atoms with Crippen LogP contribution < -0.4 is 10.1 Å². The second kappa shape index (κ2) is 8.55. The van der Waals surface area contributed by atoms with E-state index >= 15 is 0 Å². The Morgan fingerprint density at radius 1 is 1.36 bits per heavy atom. The molecule has 120 valence electrons. The summed E-state index contributed by atoms with van der Waals surface area (Å²) < 4.78 is 5.60. The largest absolute Gasteiger partial charge is 0.481 e. The number of aliphatic carboxylic acids is 1. The van der Waals surface area contributed by atoms with Crippen molar-refractivity contribution >= 4 is 45.1 Å². The van der Waals surface area contributed by atoms with E-state index in [4.69, 9.17) is 21.4 Å². The Morgan fingerprint density at radius 2 is 2.14 bits per heavy atom. The minimum atomic E-state index is -0.792. The molecule has 0 saturated heterocycles. The molecule has 1 aliphatic heterocycles. The second-order valence-corrected chi connectivity index (χ2v) is 7.78. The van der Waals surface area contributed by atoms with Crippen LogP contribution >= 0.6 is 33.2 Å². The number of nitrogens with one attached hydrogen (secondary N) is 1. The van der Waals surface area contributed by atoms with Gasteiger partial charge in [0.05, 0.1) is 6.42 Å². The van der Waals surface area contributed by atoms with Crippen LogP contribution in [0.15, 0.2) is 18.2 Å². The minimum Gasteiger partial charge on any atom is -0.481 e. The Morgan fingerprint density at radius 3 is 2.91 bits per heavy atom. The third kappa shape index (κ3) is 5.30. The monoisotopic (exact) mass is 361 g/mol. The normalized spacial score (nSPS) is 16.0. The Bertz CT molecular complexity index is 556. The number of carbonyl (C=O) groups excluding carboxylic acids is 1. The van der Waals surface area contributed by atoms with Gasteiger partial charge in [0.25, 0.3) is 5.91 Å². The first-order valence-electron chi connectivity index (χ1n) is 6.75. The molecule has 1 unspecified atom stereocenters. The molecule has 1 aliphatic rings. The first kappa shape index (κ1) is 17.3. The number of benzene rings is 1. The van der Waals surface area contributed by atoms with Gasteiger partial charge in [0.15, 0.2) is 6.10 Å². The zero-order valence-electron chi connectivity index (χ0n) is 11.7. The number of ether oxygens (including phenoxy) is 1. The molecule has 0 bridgehead atoms. The van der Waals surface area contributed by atoms with E-state index in [1.54, 1.807) is 22.9 Å². The minimum absolute atomic E-state index is 0.136. The fraction of sp³-hybridized carbons (Fsp3) is 0.429. The van der Waals surface area contributed by atoms with Crippen LogP contribution in [0.25, 0.3) is 0 Å². The van der Waals surface area contributed by atoms with Crippen LogP contribution in [0, 0.1) is 0 Å². The van der Waals surface area contributed by atoms with Crippen molar-refractivity contribution in [3.8, 4) is 5.75 Å². The van der Waals surface area contributed by atoms with E-state index in [9.17, 15) is 9.59 Å². The van der Waals surface area contributed by atoms with E-state index in [1.807, 2.05) is 6.07 Å². The molecule has 8 heteroatoms. The van der Waals surface area contributed by atoms with Crippen LogP contribution in [-0.2, 0) is 16.0 Å². The summed E-state index contributed by atoms with van der Waals surface area (Å²) in [5.41, 5.74) is 0.950. The second-order valence-electron chi connectivity index (χ2n) is 4.64. The Labute approximate surface area is 141 Å². The Hall–Kier alpha value is -1.05. The maximum atomic E-state index is 12.0. The fourth-order valence-electron chi connectivity index (χ4n) is 1.94. The maximum absolute atomic E-state index is 12.0. The highest BCUT2D eigenvalue weighted by molar-refractivity contribution is 8.76. The van der Waals surface area contributed by atoms with Crippen molar-refractivity contribution in [1.29, 1.82) is 0 Å². The summed E-state index contributed by atoms with van der Waals surface area (Å²) >= 11 is 5.92. The van der Waals surface area contributed by atoms with Crippen LogP contribution in [0.3, 0.4) is 0 Å². The first-order valence-corrected chi connectivity index (χ1v) is 9.62. The Balaban J connectivity index is 1.62. The van der Waals surface area contributed by atoms with Gasteiger partial charge in [-0.1, -0.05) is 33.2 Å². The summed E-state index contributed by atoms with van der Waals surface area (Å²) in [5, 5.41) is 12.0. The van der Waals surface area contributed by atoms with Crippen molar-refractivity contribution in [2.45, 2.75) is 18.9 Å². The molecule has 2 N–H and O–H groups in total. The van der Waals surface area contributed by atoms with E-state index in [2.05, 4.69) is 5.32 Å². The molecule has 1 amide bonds. The van der Waals surface area contributed by atoms with Crippen LogP contribution in [0.5, 0.6) is 5.75 Å². The van der Waals surface area contributed by atoms with Gasteiger partial charge in [0.1, 0.15) is 5.75 Å². The lowest BCUT2D eigenvalue weighted by atomic mass is 10.1. The van der Waals surface area contributed by atoms with Crippen molar-refractivity contribution in [3.63, 3.8) is 0 Å². The molecule has 0 spiro atoms. The summed E-state index contributed by atoms with van der Waals surface area (Å²) in [5.74, 6) is 1.07. The van der Waals surface area contributed by atoms with Gasteiger partial charge in [-0.2, -0.15) is 0 Å². The lowest BCUT2D eigenvalue weighted by molar-refractivity contribution is -0.136. The quantitative estimate of drug-likeness (QED) is 0.547. The van der Waals surface area contributed by atoms with Crippen LogP contribution in [0.1, 0.15) is 12.0 Å². The van der Waals surface area contributed by atoms with E-state index < -0.39 is 12.1 Å². The van der Waals surface area contributed by atoms with E-state index in [1.165, 1.54) is 10.8 Å². The van der Waals surface area contributed by atoms with Crippen molar-refractivity contribution in [2.75, 3.05) is 18.1 Å². The first-order chi connectivity index (χ1) is 10.6. The molecule has 1 heterocycles. The molecule has 0 saturated carbocycles. The molecule has 5 nitrogen and oxygen atoms in total. The van der Waals surface area contributed by atoms with E-state index in [0.29, 0.717) is 29.5 Å². The zero-order chi connectivity index (χ0) is 15.9. The Kier molecular flexibility index (Phi) is 6.72. The summed E-state index contributed by atoms with van der Waals surface area (Å²) in [7, 11) is 3.04. The molecule has 1 aromatic rings. The van der Waals surface area contributed by atoms with E-state index in [0.717, 1.165) is 11.3 Å². The number of fused-ring (bicyclic) bond motifs is 1. The van der Waals surface area contributed by atoms with Gasteiger partial charge < -0.3 is 15.2 Å².